The molecule has 0 bridgehead atoms. The molecule has 0 spiro atoms. The number of rotatable bonds is 8. The van der Waals surface area contributed by atoms with E-state index in [0.717, 1.165) is 42.2 Å². The van der Waals surface area contributed by atoms with E-state index in [1.807, 2.05) is 45.0 Å². The molecule has 3 aromatic carbocycles. The molecule has 0 amide bonds. The monoisotopic (exact) mass is 525 g/mol. The van der Waals surface area contributed by atoms with Gasteiger partial charge in [0.25, 0.3) is 0 Å². The van der Waals surface area contributed by atoms with Crippen LogP contribution in [-0.2, 0) is 11.2 Å². The lowest BCUT2D eigenvalue weighted by Gasteiger charge is -2.26. The van der Waals surface area contributed by atoms with Crippen LogP contribution in [0.25, 0.3) is 11.1 Å². The van der Waals surface area contributed by atoms with Crippen molar-refractivity contribution in [2.24, 2.45) is 5.41 Å². The van der Waals surface area contributed by atoms with Gasteiger partial charge in [0.15, 0.2) is 0 Å². The van der Waals surface area contributed by atoms with E-state index in [0.29, 0.717) is 12.4 Å². The van der Waals surface area contributed by atoms with Crippen molar-refractivity contribution in [1.29, 1.82) is 0 Å². The maximum atomic E-state index is 12.4. The Morgan fingerprint density at radius 2 is 1.62 bits per heavy atom. The number of nitrogens with zero attached hydrogens (tertiary/aromatic N) is 1. The topological polar surface area (TPSA) is 48.0 Å². The van der Waals surface area contributed by atoms with E-state index < -0.39 is 5.41 Å². The maximum Gasteiger partial charge on any atom is 0.316 e. The van der Waals surface area contributed by atoms with Crippen LogP contribution < -0.4 is 14.2 Å². The van der Waals surface area contributed by atoms with Crippen molar-refractivity contribution in [3.05, 3.63) is 89.5 Å². The summed E-state index contributed by atoms with van der Waals surface area (Å²) in [5.74, 6) is 1.88. The zero-order chi connectivity index (χ0) is 27.2. The summed E-state index contributed by atoms with van der Waals surface area (Å²) in [5.41, 5.74) is 5.19. The number of fused-ring (bicyclic) bond motifs is 1. The number of esters is 1. The molecule has 5 heteroatoms. The first-order valence-corrected chi connectivity index (χ1v) is 14.1. The molecule has 0 N–H and O–H groups in total. The van der Waals surface area contributed by atoms with Gasteiger partial charge in [0.1, 0.15) is 30.5 Å². The molecule has 5 rings (SSSR count). The lowest BCUT2D eigenvalue weighted by molar-refractivity contribution is -0.143. The highest BCUT2D eigenvalue weighted by Crippen LogP contribution is 2.41. The van der Waals surface area contributed by atoms with Crippen molar-refractivity contribution in [1.82, 2.24) is 4.90 Å². The number of hydrogen-bond donors (Lipinski definition) is 0. The second-order valence-corrected chi connectivity index (χ2v) is 11.5. The van der Waals surface area contributed by atoms with Gasteiger partial charge in [0.05, 0.1) is 5.41 Å². The van der Waals surface area contributed by atoms with Gasteiger partial charge in [-0.1, -0.05) is 48.9 Å². The van der Waals surface area contributed by atoms with Crippen LogP contribution in [0.3, 0.4) is 0 Å². The van der Waals surface area contributed by atoms with Crippen molar-refractivity contribution in [3.8, 4) is 17.2 Å². The van der Waals surface area contributed by atoms with E-state index in [-0.39, 0.29) is 5.97 Å². The van der Waals surface area contributed by atoms with Gasteiger partial charge in [-0.25, -0.2) is 0 Å². The van der Waals surface area contributed by atoms with E-state index >= 15 is 0 Å². The number of likely N-dealkylation sites (tertiary alicyclic amines) is 1. The molecule has 0 aromatic heterocycles. The molecule has 204 valence electrons. The van der Waals surface area contributed by atoms with Gasteiger partial charge in [-0.05, 0) is 94.1 Å². The van der Waals surface area contributed by atoms with Gasteiger partial charge < -0.3 is 14.2 Å². The van der Waals surface area contributed by atoms with E-state index in [4.69, 9.17) is 14.2 Å². The molecular weight excluding hydrogens is 486 g/mol. The number of benzene rings is 3. The van der Waals surface area contributed by atoms with Gasteiger partial charge in [0, 0.05) is 23.7 Å². The summed E-state index contributed by atoms with van der Waals surface area (Å²) in [6.45, 7) is 10.1. The number of carbonyl (C=O) groups excluding carboxylic acids is 1. The molecule has 0 radical (unpaired) electrons. The van der Waals surface area contributed by atoms with E-state index in [1.54, 1.807) is 0 Å². The third kappa shape index (κ3) is 6.90. The van der Waals surface area contributed by atoms with Crippen LogP contribution in [-0.4, -0.2) is 43.7 Å². The number of piperidine rings is 1. The molecule has 3 aromatic rings. The lowest BCUT2D eigenvalue weighted by atomic mass is 9.88. The van der Waals surface area contributed by atoms with Gasteiger partial charge in [0.2, 0.25) is 0 Å². The summed E-state index contributed by atoms with van der Waals surface area (Å²) in [4.78, 5) is 14.9. The second kappa shape index (κ2) is 12.1. The largest absolute Gasteiger partial charge is 0.492 e. The zero-order valence-corrected chi connectivity index (χ0v) is 23.4. The predicted octanol–water partition coefficient (Wildman–Crippen LogP) is 7.05. The number of carbonyl (C=O) groups is 1. The number of ether oxygens (including phenoxy) is 3. The Kier molecular flexibility index (Phi) is 8.37. The van der Waals surface area contributed by atoms with Crippen LogP contribution in [0.2, 0.25) is 0 Å². The van der Waals surface area contributed by atoms with Crippen LogP contribution in [0.15, 0.2) is 72.8 Å². The Morgan fingerprint density at radius 1 is 0.897 bits per heavy atom. The first kappa shape index (κ1) is 27.0. The molecule has 0 atom stereocenters. The fourth-order valence-corrected chi connectivity index (χ4v) is 5.08. The van der Waals surface area contributed by atoms with Crippen LogP contribution in [0.1, 0.15) is 56.7 Å². The van der Waals surface area contributed by atoms with Crippen molar-refractivity contribution >= 4 is 17.1 Å². The molecule has 0 saturated carbocycles. The second-order valence-electron chi connectivity index (χ2n) is 11.5. The van der Waals surface area contributed by atoms with Gasteiger partial charge in [-0.2, -0.15) is 0 Å². The van der Waals surface area contributed by atoms with Gasteiger partial charge in [-0.15, -0.1) is 0 Å². The molecule has 2 heterocycles. The first-order chi connectivity index (χ1) is 18.9. The minimum absolute atomic E-state index is 0.266. The quantitative estimate of drug-likeness (QED) is 0.233. The average Bonchev–Trinajstić information content (AvgIpc) is 2.94. The third-order valence-corrected chi connectivity index (χ3v) is 7.39. The number of allylic oxidation sites excluding steroid dienone is 1. The molecule has 39 heavy (non-hydrogen) atoms. The normalized spacial score (nSPS) is 15.9. The van der Waals surface area contributed by atoms with Gasteiger partial charge >= 0.3 is 5.97 Å². The molecular formula is C34H39NO4. The lowest BCUT2D eigenvalue weighted by Crippen LogP contribution is -2.33. The van der Waals surface area contributed by atoms with Crippen molar-refractivity contribution in [2.45, 2.75) is 46.5 Å². The van der Waals surface area contributed by atoms with E-state index in [1.165, 1.54) is 49.1 Å². The fourth-order valence-electron chi connectivity index (χ4n) is 5.08. The van der Waals surface area contributed by atoms with Crippen LogP contribution in [0, 0.1) is 5.41 Å². The summed E-state index contributed by atoms with van der Waals surface area (Å²) in [7, 11) is 0. The van der Waals surface area contributed by atoms with Crippen LogP contribution in [0.5, 0.6) is 17.2 Å². The SMILES string of the molecule is CC(C)(C)C(=O)Oc1ccc2c(c1)OCC(c1ccccc1)=C2Cc1ccc(OCCN2CCCCC2)cc1. The Balaban J connectivity index is 1.34. The standard InChI is InChI=1S/C34H39NO4/c1-34(2,3)33(36)39-28-16-17-29-30(31(24-38-32(29)23-28)26-10-6-4-7-11-26)22-25-12-14-27(15-13-25)37-21-20-35-18-8-5-9-19-35/h4,6-7,10-17,23H,5,8-9,18-22,24H2,1-3H3. The summed E-state index contributed by atoms with van der Waals surface area (Å²) in [5, 5.41) is 0. The molecule has 5 nitrogen and oxygen atoms in total. The molecule has 1 saturated heterocycles. The number of hydrogen-bond acceptors (Lipinski definition) is 5. The Morgan fingerprint density at radius 3 is 2.33 bits per heavy atom. The van der Waals surface area contributed by atoms with E-state index in [9.17, 15) is 4.79 Å². The summed E-state index contributed by atoms with van der Waals surface area (Å²) in [6.07, 6.45) is 4.71. The Bertz CT molecular complexity index is 1300. The van der Waals surface area contributed by atoms with Crippen molar-refractivity contribution in [3.63, 3.8) is 0 Å². The highest BCUT2D eigenvalue weighted by atomic mass is 16.5. The molecule has 1 fully saturated rings. The van der Waals surface area contributed by atoms with Gasteiger partial charge in [-0.3, -0.25) is 9.69 Å². The third-order valence-electron chi connectivity index (χ3n) is 7.39. The summed E-state index contributed by atoms with van der Waals surface area (Å²) >= 11 is 0. The molecule has 2 aliphatic rings. The minimum atomic E-state index is -0.578. The van der Waals surface area contributed by atoms with Crippen molar-refractivity contribution in [2.75, 3.05) is 32.8 Å². The van der Waals surface area contributed by atoms with Crippen LogP contribution >= 0.6 is 0 Å². The average molecular weight is 526 g/mol. The molecule has 0 unspecified atom stereocenters. The zero-order valence-electron chi connectivity index (χ0n) is 23.4. The minimum Gasteiger partial charge on any atom is -0.492 e. The Labute approximate surface area is 232 Å². The van der Waals surface area contributed by atoms with E-state index in [2.05, 4.69) is 53.4 Å². The van der Waals surface area contributed by atoms with Crippen LogP contribution in [0.4, 0.5) is 0 Å². The molecule has 0 aliphatic carbocycles. The fraction of sp³-hybridized carbons (Fsp3) is 0.382. The Hall–Kier alpha value is -3.57. The first-order valence-electron chi connectivity index (χ1n) is 14.1. The van der Waals surface area contributed by atoms with Crippen molar-refractivity contribution < 1.29 is 19.0 Å². The summed E-state index contributed by atoms with van der Waals surface area (Å²) < 4.78 is 17.9. The summed E-state index contributed by atoms with van der Waals surface area (Å²) in [6, 6.07) is 24.6. The highest BCUT2D eigenvalue weighted by molar-refractivity contribution is 5.95. The molecule has 2 aliphatic heterocycles. The predicted molar refractivity (Wildman–Crippen MR) is 156 cm³/mol. The maximum absolute atomic E-state index is 12.4. The highest BCUT2D eigenvalue weighted by Gasteiger charge is 2.26. The smallest absolute Gasteiger partial charge is 0.316 e.